The summed E-state index contributed by atoms with van der Waals surface area (Å²) in [5.41, 5.74) is 5.77. The van der Waals surface area contributed by atoms with Crippen molar-refractivity contribution >= 4 is 40.7 Å². The van der Waals surface area contributed by atoms with Crippen LogP contribution in [0.4, 0.5) is 5.69 Å². The number of carbonyl (C=O) groups excluding carboxylic acids is 3. The van der Waals surface area contributed by atoms with Crippen LogP contribution in [0.1, 0.15) is 37.0 Å². The van der Waals surface area contributed by atoms with E-state index in [0.29, 0.717) is 36.0 Å². The van der Waals surface area contributed by atoms with Crippen LogP contribution in [0, 0.1) is 0 Å². The van der Waals surface area contributed by atoms with Crippen molar-refractivity contribution < 1.29 is 23.9 Å². The number of hydrazine groups is 1. The Labute approximate surface area is 191 Å². The molecule has 0 fully saturated rings. The third-order valence-corrected chi connectivity index (χ3v) is 4.20. The third-order valence-electron chi connectivity index (χ3n) is 4.00. The number of hydrogen-bond acceptors (Lipinski definition) is 6. The molecule has 3 amide bonds. The Hall–Kier alpha value is -3.66. The molecule has 0 unspecified atom stereocenters. The Morgan fingerprint density at radius 3 is 1.88 bits per heavy atom. The Bertz CT molecular complexity index is 932. The molecule has 0 aliphatic carbocycles. The molecule has 0 radical (unpaired) electrons. The monoisotopic (exact) mass is 458 g/mol. The minimum absolute atomic E-state index is 0.0218. The molecule has 4 N–H and O–H groups in total. The van der Waals surface area contributed by atoms with Crippen molar-refractivity contribution in [3.8, 4) is 11.5 Å². The van der Waals surface area contributed by atoms with Gasteiger partial charge in [0.15, 0.2) is 5.11 Å². The molecule has 0 saturated carbocycles. The molecule has 0 aliphatic rings. The van der Waals surface area contributed by atoms with E-state index in [1.807, 2.05) is 13.8 Å². The van der Waals surface area contributed by atoms with Gasteiger partial charge in [0.1, 0.15) is 11.5 Å². The zero-order valence-electron chi connectivity index (χ0n) is 17.9. The SMILES string of the molecule is CCOc1ccc(NC(=O)CCC(=O)NNC(=S)NC(=O)c2ccc(OCC)cc2)cc1. The summed E-state index contributed by atoms with van der Waals surface area (Å²) in [5, 5.41) is 5.08. The van der Waals surface area contributed by atoms with Gasteiger partial charge in [-0.25, -0.2) is 0 Å². The summed E-state index contributed by atoms with van der Waals surface area (Å²) >= 11 is 5.00. The molecule has 10 heteroatoms. The van der Waals surface area contributed by atoms with Gasteiger partial charge >= 0.3 is 0 Å². The highest BCUT2D eigenvalue weighted by Crippen LogP contribution is 2.16. The van der Waals surface area contributed by atoms with Crippen LogP contribution in [0.2, 0.25) is 0 Å². The summed E-state index contributed by atoms with van der Waals surface area (Å²) < 4.78 is 10.7. The standard InChI is InChI=1S/C22H26N4O5S/c1-3-30-17-9-5-15(6-10-17)21(29)24-22(32)26-25-20(28)14-13-19(27)23-16-7-11-18(12-8-16)31-4-2/h5-12H,3-4,13-14H2,1-2H3,(H,23,27)(H,25,28)(H2,24,26,29,32). The van der Waals surface area contributed by atoms with E-state index in [1.54, 1.807) is 48.5 Å². The highest BCUT2D eigenvalue weighted by molar-refractivity contribution is 7.80. The van der Waals surface area contributed by atoms with Gasteiger partial charge in [0.2, 0.25) is 11.8 Å². The number of thiocarbonyl (C=S) groups is 1. The van der Waals surface area contributed by atoms with Crippen LogP contribution < -0.4 is 31.0 Å². The van der Waals surface area contributed by atoms with Crippen molar-refractivity contribution in [1.29, 1.82) is 0 Å². The number of rotatable bonds is 9. The molecule has 2 rings (SSSR count). The molecule has 0 heterocycles. The summed E-state index contributed by atoms with van der Waals surface area (Å²) in [5.74, 6) is 0.167. The molecule has 0 bridgehead atoms. The van der Waals surface area contributed by atoms with E-state index in [9.17, 15) is 14.4 Å². The molecule has 0 saturated heterocycles. The van der Waals surface area contributed by atoms with Gasteiger partial charge < -0.3 is 14.8 Å². The molecule has 2 aromatic carbocycles. The molecular formula is C22H26N4O5S. The van der Waals surface area contributed by atoms with Crippen LogP contribution in [-0.4, -0.2) is 36.0 Å². The van der Waals surface area contributed by atoms with Gasteiger partial charge in [0.05, 0.1) is 13.2 Å². The Morgan fingerprint density at radius 1 is 0.781 bits per heavy atom. The number of hydrogen-bond donors (Lipinski definition) is 4. The van der Waals surface area contributed by atoms with Crippen molar-refractivity contribution in [2.45, 2.75) is 26.7 Å². The van der Waals surface area contributed by atoms with E-state index in [4.69, 9.17) is 21.7 Å². The second kappa shape index (κ2) is 12.9. The first-order chi connectivity index (χ1) is 15.4. The molecular weight excluding hydrogens is 432 g/mol. The van der Waals surface area contributed by atoms with Crippen molar-refractivity contribution in [1.82, 2.24) is 16.2 Å². The van der Waals surface area contributed by atoms with Crippen LogP contribution >= 0.6 is 12.2 Å². The highest BCUT2D eigenvalue weighted by atomic mass is 32.1. The number of ether oxygens (including phenoxy) is 2. The number of carbonyl (C=O) groups is 3. The van der Waals surface area contributed by atoms with Crippen molar-refractivity contribution in [2.24, 2.45) is 0 Å². The minimum Gasteiger partial charge on any atom is -0.494 e. The minimum atomic E-state index is -0.454. The number of anilines is 1. The summed E-state index contributed by atoms with van der Waals surface area (Å²) in [7, 11) is 0. The van der Waals surface area contributed by atoms with E-state index in [0.717, 1.165) is 0 Å². The average molecular weight is 459 g/mol. The van der Waals surface area contributed by atoms with E-state index in [1.165, 1.54) is 0 Å². The van der Waals surface area contributed by atoms with Crippen LogP contribution in [-0.2, 0) is 9.59 Å². The van der Waals surface area contributed by atoms with Crippen molar-refractivity contribution in [3.05, 3.63) is 54.1 Å². The van der Waals surface area contributed by atoms with Gasteiger partial charge in [-0.3, -0.25) is 30.6 Å². The molecule has 170 valence electrons. The van der Waals surface area contributed by atoms with Crippen molar-refractivity contribution in [2.75, 3.05) is 18.5 Å². The third kappa shape index (κ3) is 8.60. The Kier molecular flexibility index (Phi) is 9.92. The lowest BCUT2D eigenvalue weighted by molar-refractivity contribution is -0.124. The fourth-order valence-corrected chi connectivity index (χ4v) is 2.66. The number of benzene rings is 2. The van der Waals surface area contributed by atoms with Crippen LogP contribution in [0.15, 0.2) is 48.5 Å². The van der Waals surface area contributed by atoms with E-state index >= 15 is 0 Å². The second-order valence-corrected chi connectivity index (χ2v) is 6.83. The maximum atomic E-state index is 12.2. The summed E-state index contributed by atoms with van der Waals surface area (Å²) in [6, 6.07) is 13.5. The van der Waals surface area contributed by atoms with E-state index in [2.05, 4.69) is 21.5 Å². The quantitative estimate of drug-likeness (QED) is 0.337. The van der Waals surface area contributed by atoms with Gasteiger partial charge in [0, 0.05) is 24.1 Å². The van der Waals surface area contributed by atoms with Crippen molar-refractivity contribution in [3.63, 3.8) is 0 Å². The summed E-state index contributed by atoms with van der Waals surface area (Å²) in [6.45, 7) is 4.84. The Balaban J connectivity index is 1.67. The summed E-state index contributed by atoms with van der Waals surface area (Å²) in [4.78, 5) is 36.1. The maximum absolute atomic E-state index is 12.2. The topological polar surface area (TPSA) is 118 Å². The van der Waals surface area contributed by atoms with Crippen LogP contribution in [0.5, 0.6) is 11.5 Å². The molecule has 0 aliphatic heterocycles. The second-order valence-electron chi connectivity index (χ2n) is 6.42. The largest absolute Gasteiger partial charge is 0.494 e. The van der Waals surface area contributed by atoms with Gasteiger partial charge in [-0.2, -0.15) is 0 Å². The molecule has 0 atom stereocenters. The fraction of sp³-hybridized carbons (Fsp3) is 0.273. The van der Waals surface area contributed by atoms with Gasteiger partial charge in [-0.05, 0) is 74.6 Å². The average Bonchev–Trinajstić information content (AvgIpc) is 2.78. The van der Waals surface area contributed by atoms with E-state index < -0.39 is 11.8 Å². The first kappa shape index (κ1) is 24.6. The first-order valence-corrected chi connectivity index (χ1v) is 10.5. The highest BCUT2D eigenvalue weighted by Gasteiger charge is 2.10. The summed E-state index contributed by atoms with van der Waals surface area (Å²) in [6.07, 6.45) is -0.0860. The molecule has 9 nitrogen and oxygen atoms in total. The lowest BCUT2D eigenvalue weighted by atomic mass is 10.2. The molecule has 32 heavy (non-hydrogen) atoms. The van der Waals surface area contributed by atoms with Crippen LogP contribution in [0.25, 0.3) is 0 Å². The van der Waals surface area contributed by atoms with Gasteiger partial charge in [-0.15, -0.1) is 0 Å². The predicted molar refractivity (Wildman–Crippen MR) is 124 cm³/mol. The lowest BCUT2D eigenvalue weighted by Gasteiger charge is -2.11. The number of nitrogens with one attached hydrogen (secondary N) is 4. The first-order valence-electron chi connectivity index (χ1n) is 10.1. The zero-order chi connectivity index (χ0) is 23.3. The molecule has 2 aromatic rings. The number of amides is 3. The van der Waals surface area contributed by atoms with Gasteiger partial charge in [-0.1, -0.05) is 0 Å². The molecule has 0 aromatic heterocycles. The van der Waals surface area contributed by atoms with Gasteiger partial charge in [0.25, 0.3) is 5.91 Å². The lowest BCUT2D eigenvalue weighted by Crippen LogP contribution is -2.48. The molecule has 0 spiro atoms. The fourth-order valence-electron chi connectivity index (χ4n) is 2.52. The zero-order valence-corrected chi connectivity index (χ0v) is 18.7. The smallest absolute Gasteiger partial charge is 0.257 e. The maximum Gasteiger partial charge on any atom is 0.257 e. The van der Waals surface area contributed by atoms with Crippen LogP contribution in [0.3, 0.4) is 0 Å². The normalized spacial score (nSPS) is 9.94. The van der Waals surface area contributed by atoms with E-state index in [-0.39, 0.29) is 23.9 Å². The predicted octanol–water partition coefficient (Wildman–Crippen LogP) is 2.54. The Morgan fingerprint density at radius 2 is 1.31 bits per heavy atom.